The summed E-state index contributed by atoms with van der Waals surface area (Å²) in [5.74, 6) is 0.163. The van der Waals surface area contributed by atoms with Gasteiger partial charge < -0.3 is 0 Å². The van der Waals surface area contributed by atoms with Crippen LogP contribution in [0.25, 0.3) is 0 Å². The van der Waals surface area contributed by atoms with Crippen LogP contribution in [0.4, 0.5) is 10.8 Å². The molecule has 0 saturated heterocycles. The molecule has 1 heterocycles. The fourth-order valence-corrected chi connectivity index (χ4v) is 3.84. The maximum absolute atomic E-state index is 12.3. The lowest BCUT2D eigenvalue weighted by molar-refractivity contribution is -0.385. The molecule has 0 bridgehead atoms. The van der Waals surface area contributed by atoms with Crippen LogP contribution in [0.15, 0.2) is 52.9 Å². The lowest BCUT2D eigenvalue weighted by Crippen LogP contribution is -2.13. The monoisotopic (exact) mass is 386 g/mol. The Morgan fingerprint density at radius 1 is 1.19 bits per heavy atom. The van der Waals surface area contributed by atoms with E-state index >= 15 is 0 Å². The summed E-state index contributed by atoms with van der Waals surface area (Å²) in [6.45, 7) is 2.04. The zero-order valence-electron chi connectivity index (χ0n) is 13.7. The number of hydrogen-bond acceptors (Lipinski definition) is 7. The maximum Gasteiger partial charge on any atom is 0.282 e. The van der Waals surface area contributed by atoms with E-state index in [1.807, 2.05) is 6.92 Å². The highest BCUT2D eigenvalue weighted by atomic mass is 32.2. The number of carbonyl (C=O) groups excluding carboxylic acids is 1. The number of amides is 1. The number of para-hydroxylation sites is 1. The number of aryl methyl sites for hydroxylation is 1. The first-order valence-corrected chi connectivity index (χ1v) is 9.40. The summed E-state index contributed by atoms with van der Waals surface area (Å²) in [6.07, 6.45) is 0. The first-order chi connectivity index (χ1) is 12.5. The standard InChI is InChI=1S/C17H14N4O3S2/c1-11-6-8-12(9-7-11)10-25-17-20-19-16(26-17)18-15(22)13-4-2-3-5-14(13)21(23)24/h2-9H,10H2,1H3,(H,18,19,22). The molecule has 26 heavy (non-hydrogen) atoms. The van der Waals surface area contributed by atoms with Gasteiger partial charge in [-0.25, -0.2) is 0 Å². The number of thioether (sulfide) groups is 1. The van der Waals surface area contributed by atoms with Crippen molar-refractivity contribution in [1.82, 2.24) is 10.2 Å². The highest BCUT2D eigenvalue weighted by Crippen LogP contribution is 2.29. The van der Waals surface area contributed by atoms with Crippen molar-refractivity contribution in [3.63, 3.8) is 0 Å². The molecule has 1 N–H and O–H groups in total. The average Bonchev–Trinajstić information content (AvgIpc) is 3.08. The van der Waals surface area contributed by atoms with Gasteiger partial charge in [0.1, 0.15) is 5.56 Å². The van der Waals surface area contributed by atoms with Gasteiger partial charge in [-0.2, -0.15) is 0 Å². The summed E-state index contributed by atoms with van der Waals surface area (Å²) in [7, 11) is 0. The molecule has 3 rings (SSSR count). The molecule has 0 spiro atoms. The number of hydrogen-bond donors (Lipinski definition) is 1. The predicted molar refractivity (Wildman–Crippen MR) is 102 cm³/mol. The fraction of sp³-hybridized carbons (Fsp3) is 0.118. The molecule has 1 amide bonds. The molecular formula is C17H14N4O3S2. The Balaban J connectivity index is 1.64. The second-order valence-electron chi connectivity index (χ2n) is 5.38. The fourth-order valence-electron chi connectivity index (χ4n) is 2.14. The number of rotatable bonds is 6. The first-order valence-electron chi connectivity index (χ1n) is 7.59. The molecule has 132 valence electrons. The number of nitro groups is 1. The second-order valence-corrected chi connectivity index (χ2v) is 7.58. The van der Waals surface area contributed by atoms with Crippen LogP contribution >= 0.6 is 23.1 Å². The quantitative estimate of drug-likeness (QED) is 0.293. The lowest BCUT2D eigenvalue weighted by Gasteiger charge is -2.02. The summed E-state index contributed by atoms with van der Waals surface area (Å²) in [5, 5.41) is 21.9. The molecule has 1 aromatic heterocycles. The van der Waals surface area contributed by atoms with Crippen LogP contribution in [0.3, 0.4) is 0 Å². The van der Waals surface area contributed by atoms with Gasteiger partial charge in [-0.15, -0.1) is 10.2 Å². The van der Waals surface area contributed by atoms with Gasteiger partial charge in [-0.05, 0) is 18.6 Å². The Morgan fingerprint density at radius 2 is 1.92 bits per heavy atom. The van der Waals surface area contributed by atoms with Crippen molar-refractivity contribution in [2.45, 2.75) is 17.0 Å². The Bertz CT molecular complexity index is 941. The van der Waals surface area contributed by atoms with Crippen molar-refractivity contribution < 1.29 is 9.72 Å². The van der Waals surface area contributed by atoms with Crippen LogP contribution in [0.5, 0.6) is 0 Å². The van der Waals surface area contributed by atoms with Gasteiger partial charge in [0.25, 0.3) is 11.6 Å². The van der Waals surface area contributed by atoms with Crippen molar-refractivity contribution >= 4 is 39.8 Å². The summed E-state index contributed by atoms with van der Waals surface area (Å²) >= 11 is 2.75. The first kappa shape index (κ1) is 18.0. The van der Waals surface area contributed by atoms with Gasteiger partial charge in [0.2, 0.25) is 5.13 Å². The molecule has 0 atom stereocenters. The maximum atomic E-state index is 12.3. The molecule has 2 aromatic carbocycles. The molecule has 0 saturated carbocycles. The van der Waals surface area contributed by atoms with E-state index in [0.717, 1.165) is 5.75 Å². The summed E-state index contributed by atoms with van der Waals surface area (Å²) in [5.41, 5.74) is 2.11. The minimum atomic E-state index is -0.585. The second kappa shape index (κ2) is 8.07. The Labute approximate surface area is 157 Å². The van der Waals surface area contributed by atoms with Gasteiger partial charge >= 0.3 is 0 Å². The molecule has 3 aromatic rings. The highest BCUT2D eigenvalue weighted by Gasteiger charge is 2.20. The SMILES string of the molecule is Cc1ccc(CSc2nnc(NC(=O)c3ccccc3[N+](=O)[O-])s2)cc1. The predicted octanol–water partition coefficient (Wildman–Crippen LogP) is 4.30. The Hall–Kier alpha value is -2.78. The van der Waals surface area contributed by atoms with Crippen LogP contribution in [0.1, 0.15) is 21.5 Å². The number of aromatic nitrogens is 2. The molecule has 0 aliphatic heterocycles. The van der Waals surface area contributed by atoms with E-state index in [2.05, 4.69) is 39.8 Å². The van der Waals surface area contributed by atoms with E-state index in [9.17, 15) is 14.9 Å². The van der Waals surface area contributed by atoms with Crippen molar-refractivity contribution in [2.24, 2.45) is 0 Å². The van der Waals surface area contributed by atoms with Gasteiger partial charge in [0.15, 0.2) is 4.34 Å². The van der Waals surface area contributed by atoms with Crippen LogP contribution < -0.4 is 5.32 Å². The summed E-state index contributed by atoms with van der Waals surface area (Å²) in [6, 6.07) is 14.0. The third-order valence-corrected chi connectivity index (χ3v) is 5.50. The van der Waals surface area contributed by atoms with E-state index in [0.29, 0.717) is 9.47 Å². The average molecular weight is 386 g/mol. The molecule has 7 nitrogen and oxygen atoms in total. The number of anilines is 1. The molecular weight excluding hydrogens is 372 g/mol. The summed E-state index contributed by atoms with van der Waals surface area (Å²) < 4.78 is 0.712. The minimum Gasteiger partial charge on any atom is -0.296 e. The normalized spacial score (nSPS) is 10.5. The van der Waals surface area contributed by atoms with Crippen LogP contribution in [0, 0.1) is 17.0 Å². The molecule has 0 radical (unpaired) electrons. The van der Waals surface area contributed by atoms with Crippen LogP contribution in [0.2, 0.25) is 0 Å². The smallest absolute Gasteiger partial charge is 0.282 e. The lowest BCUT2D eigenvalue weighted by atomic mass is 10.1. The third kappa shape index (κ3) is 4.44. The van der Waals surface area contributed by atoms with E-state index in [4.69, 9.17) is 0 Å². The molecule has 0 unspecified atom stereocenters. The highest BCUT2D eigenvalue weighted by molar-refractivity contribution is 8.00. The molecule has 0 aliphatic rings. The third-order valence-electron chi connectivity index (χ3n) is 3.46. The van der Waals surface area contributed by atoms with Crippen LogP contribution in [-0.2, 0) is 5.75 Å². The van der Waals surface area contributed by atoms with E-state index in [1.165, 1.54) is 52.4 Å². The number of nitrogens with zero attached hydrogens (tertiary/aromatic N) is 3. The molecule has 0 fully saturated rings. The Morgan fingerprint density at radius 3 is 2.65 bits per heavy atom. The van der Waals surface area contributed by atoms with Gasteiger partial charge in [0.05, 0.1) is 4.92 Å². The number of benzene rings is 2. The number of carbonyl (C=O) groups is 1. The zero-order valence-corrected chi connectivity index (χ0v) is 15.3. The van der Waals surface area contributed by atoms with E-state index in [-0.39, 0.29) is 11.3 Å². The minimum absolute atomic E-state index is 0.0124. The number of nitrogens with one attached hydrogen (secondary N) is 1. The Kier molecular flexibility index (Phi) is 5.59. The number of nitro benzene ring substituents is 1. The topological polar surface area (TPSA) is 98.0 Å². The van der Waals surface area contributed by atoms with Crippen LogP contribution in [-0.4, -0.2) is 21.0 Å². The van der Waals surface area contributed by atoms with Crippen molar-refractivity contribution in [3.05, 3.63) is 75.3 Å². The largest absolute Gasteiger partial charge is 0.296 e. The van der Waals surface area contributed by atoms with Gasteiger partial charge in [0, 0.05) is 11.8 Å². The van der Waals surface area contributed by atoms with Gasteiger partial charge in [-0.1, -0.05) is 65.1 Å². The van der Waals surface area contributed by atoms with Crippen molar-refractivity contribution in [2.75, 3.05) is 5.32 Å². The van der Waals surface area contributed by atoms with Crippen molar-refractivity contribution in [3.8, 4) is 0 Å². The van der Waals surface area contributed by atoms with Gasteiger partial charge in [-0.3, -0.25) is 20.2 Å². The van der Waals surface area contributed by atoms with Crippen molar-refractivity contribution in [1.29, 1.82) is 0 Å². The molecule has 0 aliphatic carbocycles. The summed E-state index contributed by atoms with van der Waals surface area (Å²) in [4.78, 5) is 22.7. The van der Waals surface area contributed by atoms with E-state index < -0.39 is 10.8 Å². The zero-order chi connectivity index (χ0) is 18.5. The molecule has 9 heteroatoms. The van der Waals surface area contributed by atoms with E-state index in [1.54, 1.807) is 6.07 Å².